The van der Waals surface area contributed by atoms with Crippen molar-refractivity contribution in [2.45, 2.75) is 13.0 Å². The van der Waals surface area contributed by atoms with Gasteiger partial charge >= 0.3 is 0 Å². The Balaban J connectivity index is 1.48. The van der Waals surface area contributed by atoms with Crippen LogP contribution in [0, 0.1) is 0 Å². The molecule has 0 aromatic heterocycles. The number of rotatable bonds is 6. The second kappa shape index (κ2) is 7.03. The Morgan fingerprint density at radius 2 is 1.91 bits per heavy atom. The van der Waals surface area contributed by atoms with Crippen LogP contribution < -0.4 is 19.5 Å². The van der Waals surface area contributed by atoms with Crippen molar-refractivity contribution in [3.63, 3.8) is 0 Å². The van der Waals surface area contributed by atoms with Crippen LogP contribution in [-0.2, 0) is 13.0 Å². The Morgan fingerprint density at radius 1 is 1.09 bits per heavy atom. The standard InChI is InChI=1S/C17H18BrNO3/c1-20-15-4-3-13(8-14(15)18)10-19-7-6-12-2-5-16-17(9-12)22-11-21-16/h2-5,8-9,19H,6-7,10-11H2,1H3/p+1. The first-order valence-corrected chi connectivity index (χ1v) is 8.08. The lowest BCUT2D eigenvalue weighted by Crippen LogP contribution is -2.83. The van der Waals surface area contributed by atoms with Gasteiger partial charge in [-0.15, -0.1) is 0 Å². The summed E-state index contributed by atoms with van der Waals surface area (Å²) in [6, 6.07) is 12.4. The van der Waals surface area contributed by atoms with Gasteiger partial charge in [-0.25, -0.2) is 0 Å². The molecule has 0 bridgehead atoms. The average molecular weight is 365 g/mol. The zero-order valence-corrected chi connectivity index (χ0v) is 14.1. The summed E-state index contributed by atoms with van der Waals surface area (Å²) in [6.45, 7) is 2.31. The number of nitrogens with two attached hydrogens (primary N) is 1. The van der Waals surface area contributed by atoms with Crippen molar-refractivity contribution in [3.8, 4) is 17.2 Å². The van der Waals surface area contributed by atoms with Gasteiger partial charge in [0.1, 0.15) is 12.3 Å². The minimum atomic E-state index is 0.331. The monoisotopic (exact) mass is 364 g/mol. The fourth-order valence-corrected chi connectivity index (χ4v) is 3.06. The van der Waals surface area contributed by atoms with E-state index in [-0.39, 0.29) is 0 Å². The van der Waals surface area contributed by atoms with Crippen LogP contribution >= 0.6 is 15.9 Å². The lowest BCUT2D eigenvalue weighted by atomic mass is 10.1. The molecule has 5 heteroatoms. The quantitative estimate of drug-likeness (QED) is 0.800. The minimum Gasteiger partial charge on any atom is -0.496 e. The van der Waals surface area contributed by atoms with Crippen LogP contribution in [0.4, 0.5) is 0 Å². The number of hydrogen-bond donors (Lipinski definition) is 1. The molecule has 116 valence electrons. The summed E-state index contributed by atoms with van der Waals surface area (Å²) in [6.07, 6.45) is 1.01. The molecule has 0 amide bonds. The molecule has 1 aliphatic heterocycles. The highest BCUT2D eigenvalue weighted by Crippen LogP contribution is 2.32. The number of ether oxygens (including phenoxy) is 3. The highest BCUT2D eigenvalue weighted by atomic mass is 79.9. The summed E-state index contributed by atoms with van der Waals surface area (Å²) >= 11 is 3.52. The molecular weight excluding hydrogens is 346 g/mol. The number of hydrogen-bond acceptors (Lipinski definition) is 3. The summed E-state index contributed by atoms with van der Waals surface area (Å²) in [4.78, 5) is 0. The SMILES string of the molecule is COc1ccc(C[NH2+]CCc2ccc3c(c2)OCO3)cc1Br. The van der Waals surface area contributed by atoms with Gasteiger partial charge in [0.15, 0.2) is 11.5 Å². The predicted molar refractivity (Wildman–Crippen MR) is 87.5 cm³/mol. The highest BCUT2D eigenvalue weighted by Gasteiger charge is 2.13. The van der Waals surface area contributed by atoms with E-state index in [0.717, 1.165) is 41.2 Å². The van der Waals surface area contributed by atoms with E-state index < -0.39 is 0 Å². The molecule has 0 saturated carbocycles. The van der Waals surface area contributed by atoms with Crippen molar-refractivity contribution in [1.29, 1.82) is 0 Å². The smallest absolute Gasteiger partial charge is 0.231 e. The number of fused-ring (bicyclic) bond motifs is 1. The fourth-order valence-electron chi connectivity index (χ4n) is 2.47. The molecular formula is C17H19BrNO3+. The van der Waals surface area contributed by atoms with Gasteiger partial charge in [0.25, 0.3) is 0 Å². The first kappa shape index (κ1) is 15.2. The van der Waals surface area contributed by atoms with Gasteiger partial charge in [-0.05, 0) is 51.8 Å². The van der Waals surface area contributed by atoms with Gasteiger partial charge in [0.05, 0.1) is 18.1 Å². The van der Waals surface area contributed by atoms with Crippen LogP contribution in [0.15, 0.2) is 40.9 Å². The molecule has 2 N–H and O–H groups in total. The summed E-state index contributed by atoms with van der Waals surface area (Å²) in [5.41, 5.74) is 2.55. The Bertz CT molecular complexity index is 660. The van der Waals surface area contributed by atoms with E-state index in [1.165, 1.54) is 11.1 Å². The van der Waals surface area contributed by atoms with Gasteiger partial charge in [0, 0.05) is 12.0 Å². The van der Waals surface area contributed by atoms with E-state index in [2.05, 4.69) is 45.5 Å². The molecule has 22 heavy (non-hydrogen) atoms. The fraction of sp³-hybridized carbons (Fsp3) is 0.294. The van der Waals surface area contributed by atoms with Crippen LogP contribution in [0.1, 0.15) is 11.1 Å². The normalized spacial score (nSPS) is 12.5. The third kappa shape index (κ3) is 3.54. The molecule has 3 rings (SSSR count). The van der Waals surface area contributed by atoms with Gasteiger partial charge < -0.3 is 19.5 Å². The minimum absolute atomic E-state index is 0.331. The predicted octanol–water partition coefficient (Wildman–Crippen LogP) is 2.49. The van der Waals surface area contributed by atoms with Crippen LogP contribution in [0.3, 0.4) is 0 Å². The van der Waals surface area contributed by atoms with Crippen LogP contribution in [0.25, 0.3) is 0 Å². The molecule has 2 aromatic rings. The number of halogens is 1. The van der Waals surface area contributed by atoms with Crippen LogP contribution in [0.2, 0.25) is 0 Å². The summed E-state index contributed by atoms with van der Waals surface area (Å²) in [5, 5.41) is 2.30. The van der Waals surface area contributed by atoms with E-state index in [4.69, 9.17) is 14.2 Å². The maximum absolute atomic E-state index is 5.40. The lowest BCUT2D eigenvalue weighted by molar-refractivity contribution is -0.670. The molecule has 0 saturated heterocycles. The topological polar surface area (TPSA) is 44.3 Å². The summed E-state index contributed by atoms with van der Waals surface area (Å²) in [5.74, 6) is 2.57. The van der Waals surface area contributed by atoms with Gasteiger partial charge in [-0.2, -0.15) is 0 Å². The van der Waals surface area contributed by atoms with E-state index >= 15 is 0 Å². The second-order valence-corrected chi connectivity index (χ2v) is 6.04. The Hall–Kier alpha value is -1.72. The molecule has 0 unspecified atom stereocenters. The second-order valence-electron chi connectivity index (χ2n) is 5.19. The zero-order chi connectivity index (χ0) is 15.4. The molecule has 0 fully saturated rings. The Kier molecular flexibility index (Phi) is 4.85. The third-order valence-electron chi connectivity index (χ3n) is 3.67. The first-order valence-electron chi connectivity index (χ1n) is 7.29. The molecule has 4 nitrogen and oxygen atoms in total. The first-order chi connectivity index (χ1) is 10.8. The van der Waals surface area contributed by atoms with Crippen molar-refractivity contribution in [2.24, 2.45) is 0 Å². The number of benzene rings is 2. The van der Waals surface area contributed by atoms with Gasteiger partial charge in [-0.3, -0.25) is 0 Å². The molecule has 0 spiro atoms. The maximum atomic E-state index is 5.40. The zero-order valence-electron chi connectivity index (χ0n) is 12.5. The molecule has 1 aliphatic rings. The van der Waals surface area contributed by atoms with Crippen molar-refractivity contribution < 1.29 is 19.5 Å². The Morgan fingerprint density at radius 3 is 2.73 bits per heavy atom. The molecule has 2 aromatic carbocycles. The van der Waals surface area contributed by atoms with Crippen LogP contribution in [0.5, 0.6) is 17.2 Å². The lowest BCUT2D eigenvalue weighted by Gasteiger charge is -2.06. The van der Waals surface area contributed by atoms with E-state index in [0.29, 0.717) is 6.79 Å². The van der Waals surface area contributed by atoms with Gasteiger partial charge in [0.2, 0.25) is 6.79 Å². The van der Waals surface area contributed by atoms with Crippen molar-refractivity contribution in [2.75, 3.05) is 20.4 Å². The third-order valence-corrected chi connectivity index (χ3v) is 4.29. The van der Waals surface area contributed by atoms with E-state index in [9.17, 15) is 0 Å². The molecule has 0 aliphatic carbocycles. The average Bonchev–Trinajstić information content (AvgIpc) is 2.99. The summed E-state index contributed by atoms with van der Waals surface area (Å²) < 4.78 is 17.0. The molecule has 0 atom stereocenters. The molecule has 0 radical (unpaired) electrons. The van der Waals surface area contributed by atoms with Crippen molar-refractivity contribution in [3.05, 3.63) is 52.0 Å². The molecule has 1 heterocycles. The van der Waals surface area contributed by atoms with Gasteiger partial charge in [-0.1, -0.05) is 6.07 Å². The summed E-state index contributed by atoms with van der Waals surface area (Å²) in [7, 11) is 1.68. The van der Waals surface area contributed by atoms with E-state index in [1.54, 1.807) is 7.11 Å². The van der Waals surface area contributed by atoms with Crippen LogP contribution in [-0.4, -0.2) is 20.4 Å². The maximum Gasteiger partial charge on any atom is 0.231 e. The van der Waals surface area contributed by atoms with Crippen molar-refractivity contribution in [1.82, 2.24) is 0 Å². The van der Waals surface area contributed by atoms with Crippen molar-refractivity contribution >= 4 is 15.9 Å². The number of methoxy groups -OCH3 is 1. The largest absolute Gasteiger partial charge is 0.496 e. The van der Waals surface area contributed by atoms with E-state index in [1.807, 2.05) is 12.1 Å². The Labute approximate surface area is 138 Å². The highest BCUT2D eigenvalue weighted by molar-refractivity contribution is 9.10. The number of quaternary nitrogens is 1.